The standard InChI is InChI=1S/C10H18N2O3/c1-7(6-13)12(2)10(15)8-3-4-9(14)11-5-8/h7-8,13H,3-6H2,1-2H3,(H,11,14). The largest absolute Gasteiger partial charge is 0.394 e. The number of hydrogen-bond donors (Lipinski definition) is 2. The van der Waals surface area contributed by atoms with Crippen molar-refractivity contribution >= 4 is 11.8 Å². The van der Waals surface area contributed by atoms with Gasteiger partial charge in [-0.25, -0.2) is 0 Å². The molecule has 0 aromatic rings. The van der Waals surface area contributed by atoms with E-state index in [9.17, 15) is 9.59 Å². The fraction of sp³-hybridized carbons (Fsp3) is 0.800. The zero-order valence-electron chi connectivity index (χ0n) is 9.19. The van der Waals surface area contributed by atoms with E-state index in [0.717, 1.165) is 0 Å². The molecule has 1 fully saturated rings. The highest BCUT2D eigenvalue weighted by molar-refractivity contribution is 5.83. The molecule has 5 nitrogen and oxygen atoms in total. The van der Waals surface area contributed by atoms with Crippen molar-refractivity contribution in [3.8, 4) is 0 Å². The van der Waals surface area contributed by atoms with E-state index in [1.807, 2.05) is 0 Å². The van der Waals surface area contributed by atoms with Gasteiger partial charge in [-0.05, 0) is 13.3 Å². The summed E-state index contributed by atoms with van der Waals surface area (Å²) in [6, 6.07) is -0.171. The molecular formula is C10H18N2O3. The number of rotatable bonds is 3. The van der Waals surface area contributed by atoms with Gasteiger partial charge < -0.3 is 15.3 Å². The Morgan fingerprint density at radius 1 is 1.73 bits per heavy atom. The maximum absolute atomic E-state index is 11.9. The number of nitrogens with one attached hydrogen (secondary N) is 1. The summed E-state index contributed by atoms with van der Waals surface area (Å²) >= 11 is 0. The molecule has 1 aliphatic heterocycles. The van der Waals surface area contributed by atoms with Gasteiger partial charge in [0.25, 0.3) is 0 Å². The minimum atomic E-state index is -0.171. The Morgan fingerprint density at radius 2 is 2.40 bits per heavy atom. The van der Waals surface area contributed by atoms with Crippen LogP contribution in [0.4, 0.5) is 0 Å². The number of carbonyl (C=O) groups excluding carboxylic acids is 2. The quantitative estimate of drug-likeness (QED) is 0.656. The van der Waals surface area contributed by atoms with Gasteiger partial charge in [0.2, 0.25) is 11.8 Å². The number of hydrogen-bond acceptors (Lipinski definition) is 3. The van der Waals surface area contributed by atoms with Crippen molar-refractivity contribution in [2.45, 2.75) is 25.8 Å². The summed E-state index contributed by atoms with van der Waals surface area (Å²) in [5, 5.41) is 11.6. The van der Waals surface area contributed by atoms with E-state index in [1.54, 1.807) is 18.9 Å². The fourth-order valence-electron chi connectivity index (χ4n) is 1.57. The van der Waals surface area contributed by atoms with Gasteiger partial charge in [0.15, 0.2) is 0 Å². The van der Waals surface area contributed by atoms with E-state index in [-0.39, 0.29) is 30.4 Å². The first-order valence-corrected chi connectivity index (χ1v) is 5.20. The Balaban J connectivity index is 2.49. The highest BCUT2D eigenvalue weighted by Crippen LogP contribution is 2.14. The lowest BCUT2D eigenvalue weighted by Gasteiger charge is -2.29. The summed E-state index contributed by atoms with van der Waals surface area (Å²) in [4.78, 5) is 24.3. The maximum Gasteiger partial charge on any atom is 0.227 e. The van der Waals surface area contributed by atoms with Crippen LogP contribution in [-0.4, -0.2) is 48.1 Å². The molecule has 1 saturated heterocycles. The van der Waals surface area contributed by atoms with E-state index in [0.29, 0.717) is 19.4 Å². The first kappa shape index (κ1) is 12.0. The summed E-state index contributed by atoms with van der Waals surface area (Å²) in [6.07, 6.45) is 1.02. The molecule has 0 radical (unpaired) electrons. The van der Waals surface area contributed by atoms with E-state index >= 15 is 0 Å². The van der Waals surface area contributed by atoms with Crippen molar-refractivity contribution < 1.29 is 14.7 Å². The Hall–Kier alpha value is -1.10. The van der Waals surface area contributed by atoms with Crippen LogP contribution in [0.15, 0.2) is 0 Å². The lowest BCUT2D eigenvalue weighted by molar-refractivity contribution is -0.138. The Kier molecular flexibility index (Phi) is 4.08. The zero-order chi connectivity index (χ0) is 11.4. The highest BCUT2D eigenvalue weighted by atomic mass is 16.3. The number of piperidine rings is 1. The van der Waals surface area contributed by atoms with Crippen LogP contribution in [0.3, 0.4) is 0 Å². The van der Waals surface area contributed by atoms with Gasteiger partial charge in [-0.2, -0.15) is 0 Å². The predicted molar refractivity (Wildman–Crippen MR) is 55.1 cm³/mol. The molecule has 86 valence electrons. The number of carbonyl (C=O) groups is 2. The second-order valence-electron chi connectivity index (χ2n) is 4.02. The molecule has 1 heterocycles. The monoisotopic (exact) mass is 214 g/mol. The third-order valence-electron chi connectivity index (χ3n) is 2.89. The third kappa shape index (κ3) is 2.92. The lowest BCUT2D eigenvalue weighted by Crippen LogP contribution is -2.46. The van der Waals surface area contributed by atoms with Gasteiger partial charge in [-0.3, -0.25) is 9.59 Å². The summed E-state index contributed by atoms with van der Waals surface area (Å²) in [7, 11) is 1.68. The number of likely N-dealkylation sites (N-methyl/N-ethyl adjacent to an activating group) is 1. The van der Waals surface area contributed by atoms with Crippen LogP contribution in [0, 0.1) is 5.92 Å². The van der Waals surface area contributed by atoms with Crippen molar-refractivity contribution in [3.05, 3.63) is 0 Å². The summed E-state index contributed by atoms with van der Waals surface area (Å²) in [5.41, 5.74) is 0. The summed E-state index contributed by atoms with van der Waals surface area (Å²) in [6.45, 7) is 2.17. The number of aliphatic hydroxyl groups excluding tert-OH is 1. The van der Waals surface area contributed by atoms with E-state index < -0.39 is 0 Å². The molecule has 1 aliphatic rings. The van der Waals surface area contributed by atoms with Crippen LogP contribution in [0.1, 0.15) is 19.8 Å². The Bertz CT molecular complexity index is 245. The molecule has 2 N–H and O–H groups in total. The van der Waals surface area contributed by atoms with E-state index in [2.05, 4.69) is 5.32 Å². The predicted octanol–water partition coefficient (Wildman–Crippen LogP) is -0.648. The van der Waals surface area contributed by atoms with Crippen molar-refractivity contribution in [1.82, 2.24) is 10.2 Å². The average Bonchev–Trinajstić information content (AvgIpc) is 2.27. The first-order valence-electron chi connectivity index (χ1n) is 5.20. The minimum Gasteiger partial charge on any atom is -0.394 e. The molecule has 0 saturated carbocycles. The van der Waals surface area contributed by atoms with Crippen LogP contribution < -0.4 is 5.32 Å². The Morgan fingerprint density at radius 3 is 2.87 bits per heavy atom. The molecule has 2 unspecified atom stereocenters. The smallest absolute Gasteiger partial charge is 0.227 e. The van der Waals surface area contributed by atoms with E-state index in [4.69, 9.17) is 5.11 Å². The van der Waals surface area contributed by atoms with Gasteiger partial charge in [0, 0.05) is 20.0 Å². The van der Waals surface area contributed by atoms with Gasteiger partial charge in [-0.15, -0.1) is 0 Å². The van der Waals surface area contributed by atoms with Crippen LogP contribution in [0.25, 0.3) is 0 Å². The highest BCUT2D eigenvalue weighted by Gasteiger charge is 2.28. The first-order chi connectivity index (χ1) is 7.06. The SMILES string of the molecule is CC(CO)N(C)C(=O)C1CCC(=O)NC1. The molecule has 2 atom stereocenters. The molecule has 15 heavy (non-hydrogen) atoms. The molecule has 2 amide bonds. The van der Waals surface area contributed by atoms with Crippen LogP contribution in [-0.2, 0) is 9.59 Å². The van der Waals surface area contributed by atoms with Gasteiger partial charge in [0.1, 0.15) is 0 Å². The van der Waals surface area contributed by atoms with Crippen LogP contribution in [0.2, 0.25) is 0 Å². The molecule has 0 aliphatic carbocycles. The number of aliphatic hydroxyl groups is 1. The van der Waals surface area contributed by atoms with Crippen molar-refractivity contribution in [2.24, 2.45) is 5.92 Å². The maximum atomic E-state index is 11.9. The summed E-state index contributed by atoms with van der Waals surface area (Å²) in [5.74, 6) is -0.129. The van der Waals surface area contributed by atoms with E-state index in [1.165, 1.54) is 0 Å². The topological polar surface area (TPSA) is 69.6 Å². The van der Waals surface area contributed by atoms with Crippen molar-refractivity contribution in [2.75, 3.05) is 20.2 Å². The van der Waals surface area contributed by atoms with Crippen molar-refractivity contribution in [1.29, 1.82) is 0 Å². The number of amides is 2. The second kappa shape index (κ2) is 5.11. The van der Waals surface area contributed by atoms with Gasteiger partial charge in [-0.1, -0.05) is 0 Å². The minimum absolute atomic E-state index is 0.00319. The third-order valence-corrected chi connectivity index (χ3v) is 2.89. The molecule has 0 bridgehead atoms. The van der Waals surface area contributed by atoms with Gasteiger partial charge >= 0.3 is 0 Å². The van der Waals surface area contributed by atoms with Crippen LogP contribution in [0.5, 0.6) is 0 Å². The molecule has 0 aromatic carbocycles. The number of nitrogens with zero attached hydrogens (tertiary/aromatic N) is 1. The molecule has 1 rings (SSSR count). The Labute approximate surface area is 89.4 Å². The average molecular weight is 214 g/mol. The van der Waals surface area contributed by atoms with Crippen LogP contribution >= 0.6 is 0 Å². The molecular weight excluding hydrogens is 196 g/mol. The lowest BCUT2D eigenvalue weighted by atomic mass is 9.97. The summed E-state index contributed by atoms with van der Waals surface area (Å²) < 4.78 is 0. The van der Waals surface area contributed by atoms with Gasteiger partial charge in [0.05, 0.1) is 18.6 Å². The fourth-order valence-corrected chi connectivity index (χ4v) is 1.57. The molecule has 0 aromatic heterocycles. The molecule has 5 heteroatoms. The zero-order valence-corrected chi connectivity index (χ0v) is 9.19. The normalized spacial score (nSPS) is 23.1. The second-order valence-corrected chi connectivity index (χ2v) is 4.02. The van der Waals surface area contributed by atoms with Crippen molar-refractivity contribution in [3.63, 3.8) is 0 Å². The molecule has 0 spiro atoms.